The molecule has 1 fully saturated rings. The van der Waals surface area contributed by atoms with E-state index in [4.69, 9.17) is 17.0 Å². The van der Waals surface area contributed by atoms with Gasteiger partial charge in [-0.3, -0.25) is 0 Å². The van der Waals surface area contributed by atoms with Crippen LogP contribution in [0.2, 0.25) is 0 Å². The Balaban J connectivity index is 1.82. The minimum atomic E-state index is -0.639. The molecule has 0 bridgehead atoms. The Hall–Kier alpha value is -1.27. The smallest absolute Gasteiger partial charge is 0.170 e. The summed E-state index contributed by atoms with van der Waals surface area (Å²) in [6.45, 7) is 1.38. The SMILES string of the molecule is Fc1cc(F)cc(NC(=S)NC[C@H]2CCCO2)c1. The Kier molecular flexibility index (Phi) is 4.43. The average molecular weight is 272 g/mol. The largest absolute Gasteiger partial charge is 0.376 e. The van der Waals surface area contributed by atoms with E-state index in [1.54, 1.807) is 0 Å². The highest BCUT2D eigenvalue weighted by Crippen LogP contribution is 2.13. The lowest BCUT2D eigenvalue weighted by molar-refractivity contribution is 0.114. The first kappa shape index (κ1) is 13.2. The van der Waals surface area contributed by atoms with Gasteiger partial charge in [0.1, 0.15) is 11.6 Å². The van der Waals surface area contributed by atoms with Crippen molar-refractivity contribution >= 4 is 23.0 Å². The fourth-order valence-corrected chi connectivity index (χ4v) is 2.01. The molecule has 0 saturated carbocycles. The molecule has 0 spiro atoms. The van der Waals surface area contributed by atoms with Crippen LogP contribution < -0.4 is 10.6 Å². The number of ether oxygens (including phenoxy) is 1. The first-order chi connectivity index (χ1) is 8.63. The Morgan fingerprint density at radius 1 is 1.33 bits per heavy atom. The third kappa shape index (κ3) is 3.89. The summed E-state index contributed by atoms with van der Waals surface area (Å²) >= 11 is 5.03. The van der Waals surface area contributed by atoms with Crippen molar-refractivity contribution in [3.63, 3.8) is 0 Å². The molecular weight excluding hydrogens is 258 g/mol. The normalized spacial score (nSPS) is 18.7. The molecule has 1 aliphatic heterocycles. The molecule has 1 aliphatic rings. The van der Waals surface area contributed by atoms with Gasteiger partial charge in [-0.1, -0.05) is 0 Å². The summed E-state index contributed by atoms with van der Waals surface area (Å²) in [4.78, 5) is 0. The van der Waals surface area contributed by atoms with E-state index in [9.17, 15) is 8.78 Å². The lowest BCUT2D eigenvalue weighted by Crippen LogP contribution is -2.34. The van der Waals surface area contributed by atoms with Crippen molar-refractivity contribution < 1.29 is 13.5 Å². The van der Waals surface area contributed by atoms with E-state index in [-0.39, 0.29) is 11.8 Å². The van der Waals surface area contributed by atoms with Crippen molar-refractivity contribution in [2.45, 2.75) is 18.9 Å². The summed E-state index contributed by atoms with van der Waals surface area (Å²) in [7, 11) is 0. The molecule has 0 radical (unpaired) electrons. The highest BCUT2D eigenvalue weighted by molar-refractivity contribution is 7.80. The van der Waals surface area contributed by atoms with Crippen LogP contribution in [0, 0.1) is 11.6 Å². The number of halogens is 2. The van der Waals surface area contributed by atoms with Gasteiger partial charge in [0.2, 0.25) is 0 Å². The quantitative estimate of drug-likeness (QED) is 0.828. The van der Waals surface area contributed by atoms with E-state index in [0.29, 0.717) is 11.7 Å². The predicted molar refractivity (Wildman–Crippen MR) is 69.6 cm³/mol. The summed E-state index contributed by atoms with van der Waals surface area (Å²) in [5.41, 5.74) is 0.289. The molecule has 18 heavy (non-hydrogen) atoms. The Labute approximate surface area is 110 Å². The molecule has 98 valence electrons. The second kappa shape index (κ2) is 6.06. The Bertz CT molecular complexity index is 416. The zero-order valence-electron chi connectivity index (χ0n) is 9.71. The maximum absolute atomic E-state index is 12.9. The van der Waals surface area contributed by atoms with Gasteiger partial charge in [-0.05, 0) is 37.2 Å². The molecule has 1 heterocycles. The topological polar surface area (TPSA) is 33.3 Å². The van der Waals surface area contributed by atoms with E-state index < -0.39 is 11.6 Å². The fourth-order valence-electron chi connectivity index (χ4n) is 1.81. The van der Waals surface area contributed by atoms with Gasteiger partial charge < -0.3 is 15.4 Å². The number of hydrogen-bond acceptors (Lipinski definition) is 2. The van der Waals surface area contributed by atoms with Gasteiger partial charge in [0, 0.05) is 24.9 Å². The van der Waals surface area contributed by atoms with Gasteiger partial charge in [0.05, 0.1) is 6.10 Å². The Morgan fingerprint density at radius 3 is 2.67 bits per heavy atom. The molecule has 0 amide bonds. The number of nitrogens with one attached hydrogen (secondary N) is 2. The predicted octanol–water partition coefficient (Wildman–Crippen LogP) is 2.43. The molecule has 0 aliphatic carbocycles. The summed E-state index contributed by atoms with van der Waals surface area (Å²) in [6, 6.07) is 3.18. The zero-order chi connectivity index (χ0) is 13.0. The monoisotopic (exact) mass is 272 g/mol. The van der Waals surface area contributed by atoms with E-state index in [0.717, 1.165) is 25.5 Å². The molecule has 1 saturated heterocycles. The summed E-state index contributed by atoms with van der Waals surface area (Å²) < 4.78 is 31.3. The van der Waals surface area contributed by atoms with Crippen molar-refractivity contribution in [3.8, 4) is 0 Å². The molecule has 2 rings (SSSR count). The molecule has 1 atom stereocenters. The van der Waals surface area contributed by atoms with Gasteiger partial charge in [-0.2, -0.15) is 0 Å². The first-order valence-corrected chi connectivity index (χ1v) is 6.17. The van der Waals surface area contributed by atoms with E-state index in [2.05, 4.69) is 10.6 Å². The van der Waals surface area contributed by atoms with Crippen LogP contribution in [0.1, 0.15) is 12.8 Å². The zero-order valence-corrected chi connectivity index (χ0v) is 10.5. The van der Waals surface area contributed by atoms with Gasteiger partial charge >= 0.3 is 0 Å². The number of hydrogen-bond donors (Lipinski definition) is 2. The molecule has 0 aromatic heterocycles. The second-order valence-corrected chi connectivity index (χ2v) is 4.54. The molecule has 1 aromatic rings. The van der Waals surface area contributed by atoms with E-state index in [1.807, 2.05) is 0 Å². The van der Waals surface area contributed by atoms with Crippen molar-refractivity contribution in [1.29, 1.82) is 0 Å². The van der Waals surface area contributed by atoms with Crippen molar-refractivity contribution in [2.75, 3.05) is 18.5 Å². The highest BCUT2D eigenvalue weighted by Gasteiger charge is 2.15. The number of benzene rings is 1. The lowest BCUT2D eigenvalue weighted by Gasteiger charge is -2.14. The number of thiocarbonyl (C=S) groups is 1. The highest BCUT2D eigenvalue weighted by atomic mass is 32.1. The van der Waals surface area contributed by atoms with Crippen LogP contribution in [0.3, 0.4) is 0 Å². The summed E-state index contributed by atoms with van der Waals surface area (Å²) in [5.74, 6) is -1.28. The standard InChI is InChI=1S/C12H14F2N2OS/c13-8-4-9(14)6-10(5-8)16-12(18)15-7-11-2-1-3-17-11/h4-6,11H,1-3,7H2,(H2,15,16,18)/t11-/m1/s1. The summed E-state index contributed by atoms with van der Waals surface area (Å²) in [5, 5.41) is 6.02. The molecule has 1 aromatic carbocycles. The first-order valence-electron chi connectivity index (χ1n) is 5.76. The molecule has 2 N–H and O–H groups in total. The average Bonchev–Trinajstić information content (AvgIpc) is 2.77. The van der Waals surface area contributed by atoms with E-state index >= 15 is 0 Å². The van der Waals surface area contributed by atoms with Crippen LogP contribution in [0.15, 0.2) is 18.2 Å². The van der Waals surface area contributed by atoms with Gasteiger partial charge in [-0.15, -0.1) is 0 Å². The van der Waals surface area contributed by atoms with Crippen LogP contribution in [0.5, 0.6) is 0 Å². The minimum Gasteiger partial charge on any atom is -0.376 e. The molecule has 0 unspecified atom stereocenters. The van der Waals surface area contributed by atoms with Crippen LogP contribution in [-0.4, -0.2) is 24.4 Å². The van der Waals surface area contributed by atoms with Gasteiger partial charge in [0.25, 0.3) is 0 Å². The van der Waals surface area contributed by atoms with Crippen LogP contribution in [0.4, 0.5) is 14.5 Å². The van der Waals surface area contributed by atoms with Crippen LogP contribution >= 0.6 is 12.2 Å². The maximum atomic E-state index is 12.9. The van der Waals surface area contributed by atoms with Crippen molar-refractivity contribution in [2.24, 2.45) is 0 Å². The van der Waals surface area contributed by atoms with E-state index in [1.165, 1.54) is 12.1 Å². The second-order valence-electron chi connectivity index (χ2n) is 4.13. The molecule has 6 heteroatoms. The van der Waals surface area contributed by atoms with Gasteiger partial charge in [-0.25, -0.2) is 8.78 Å². The molecular formula is C12H14F2N2OS. The van der Waals surface area contributed by atoms with Gasteiger partial charge in [0.15, 0.2) is 5.11 Å². The third-order valence-corrected chi connectivity index (χ3v) is 2.88. The Morgan fingerprint density at radius 2 is 2.06 bits per heavy atom. The third-order valence-electron chi connectivity index (χ3n) is 2.63. The summed E-state index contributed by atoms with van der Waals surface area (Å²) in [6.07, 6.45) is 2.22. The van der Waals surface area contributed by atoms with Crippen molar-refractivity contribution in [1.82, 2.24) is 5.32 Å². The minimum absolute atomic E-state index is 0.161. The maximum Gasteiger partial charge on any atom is 0.170 e. The lowest BCUT2D eigenvalue weighted by atomic mass is 10.2. The number of anilines is 1. The van der Waals surface area contributed by atoms with Crippen molar-refractivity contribution in [3.05, 3.63) is 29.8 Å². The van der Waals surface area contributed by atoms with Crippen LogP contribution in [0.25, 0.3) is 0 Å². The van der Waals surface area contributed by atoms with Crippen LogP contribution in [-0.2, 0) is 4.74 Å². The fraction of sp³-hybridized carbons (Fsp3) is 0.417. The number of rotatable bonds is 3. The molecule has 3 nitrogen and oxygen atoms in total.